The van der Waals surface area contributed by atoms with Crippen LogP contribution in [-0.4, -0.2) is 17.9 Å². The van der Waals surface area contributed by atoms with E-state index in [2.05, 4.69) is 0 Å². The molecule has 0 unspecified atom stereocenters. The number of ether oxygens (including phenoxy) is 1. The molecular weight excluding hydrogens is 256 g/mol. The van der Waals surface area contributed by atoms with Gasteiger partial charge in [0.25, 0.3) is 0 Å². The highest BCUT2D eigenvalue weighted by molar-refractivity contribution is 7.79. The Morgan fingerprint density at radius 1 is 1.21 bits per heavy atom. The van der Waals surface area contributed by atoms with Crippen molar-refractivity contribution in [3.8, 4) is 0 Å². The maximum atomic E-state index is 11.7. The molecule has 2 aromatic rings. The van der Waals surface area contributed by atoms with E-state index in [-0.39, 0.29) is 5.97 Å². The van der Waals surface area contributed by atoms with Gasteiger partial charge in [0.15, 0.2) is 0 Å². The molecule has 0 amide bonds. The zero-order valence-corrected chi connectivity index (χ0v) is 11.4. The third-order valence-corrected chi connectivity index (χ3v) is 3.03. The van der Waals surface area contributed by atoms with Gasteiger partial charge in [0, 0.05) is 5.37 Å². The second-order valence-corrected chi connectivity index (χ2v) is 4.24. The minimum Gasteiger partial charge on any atom is -0.462 e. The summed E-state index contributed by atoms with van der Waals surface area (Å²) < 4.78 is 4.97. The van der Waals surface area contributed by atoms with Gasteiger partial charge in [-0.3, -0.25) is 0 Å². The largest absolute Gasteiger partial charge is 0.462 e. The van der Waals surface area contributed by atoms with Crippen LogP contribution in [0.2, 0.25) is 0 Å². The Morgan fingerprint density at radius 3 is 2.68 bits per heavy atom. The number of hydrogen-bond donors (Lipinski definition) is 0. The fourth-order valence-corrected chi connectivity index (χ4v) is 2.06. The van der Waals surface area contributed by atoms with Gasteiger partial charge < -0.3 is 4.74 Å². The van der Waals surface area contributed by atoms with Crippen molar-refractivity contribution in [2.45, 2.75) is 6.92 Å². The zero-order chi connectivity index (χ0) is 13.7. The molecule has 0 fully saturated rings. The van der Waals surface area contributed by atoms with Gasteiger partial charge in [0.2, 0.25) is 0 Å². The Hall–Kier alpha value is -2.00. The van der Waals surface area contributed by atoms with E-state index in [1.807, 2.05) is 42.5 Å². The Morgan fingerprint density at radius 2 is 1.95 bits per heavy atom. The van der Waals surface area contributed by atoms with Gasteiger partial charge in [-0.2, -0.15) is 0 Å². The van der Waals surface area contributed by atoms with Crippen LogP contribution >= 0.6 is 12.2 Å². The molecular formula is C16H14O2S. The molecule has 0 N–H and O–H groups in total. The van der Waals surface area contributed by atoms with E-state index in [1.54, 1.807) is 13.0 Å². The second kappa shape index (κ2) is 6.25. The van der Waals surface area contributed by atoms with Crippen molar-refractivity contribution in [2.75, 3.05) is 6.61 Å². The van der Waals surface area contributed by atoms with Crippen molar-refractivity contribution >= 4 is 40.4 Å². The number of esters is 1. The standard InChI is InChI=1S/C16H14O2S/c1-2-18-16(17)14(11-19)10-13-8-5-7-12-6-3-4-9-15(12)13/h3-11H,2H2,1H3. The Labute approximate surface area is 117 Å². The molecule has 2 aromatic carbocycles. The number of benzene rings is 2. The summed E-state index contributed by atoms with van der Waals surface area (Å²) in [5, 5.41) is 3.58. The Kier molecular flexibility index (Phi) is 4.42. The summed E-state index contributed by atoms with van der Waals surface area (Å²) in [7, 11) is 0. The molecule has 0 heterocycles. The smallest absolute Gasteiger partial charge is 0.338 e. The third kappa shape index (κ3) is 3.06. The van der Waals surface area contributed by atoms with Gasteiger partial charge in [-0.05, 0) is 29.3 Å². The Bertz CT molecular complexity index is 639. The molecule has 3 heteroatoms. The maximum Gasteiger partial charge on any atom is 0.338 e. The maximum absolute atomic E-state index is 11.7. The molecule has 19 heavy (non-hydrogen) atoms. The highest BCUT2D eigenvalue weighted by Crippen LogP contribution is 2.20. The molecule has 0 bridgehead atoms. The first-order valence-corrected chi connectivity index (χ1v) is 6.55. The first-order valence-electron chi connectivity index (χ1n) is 6.08. The molecule has 0 spiro atoms. The first kappa shape index (κ1) is 13.4. The molecule has 96 valence electrons. The van der Waals surface area contributed by atoms with Crippen LogP contribution in [0.15, 0.2) is 48.0 Å². The monoisotopic (exact) mass is 270 g/mol. The number of fused-ring (bicyclic) bond motifs is 1. The topological polar surface area (TPSA) is 26.3 Å². The lowest BCUT2D eigenvalue weighted by atomic mass is 10.0. The van der Waals surface area contributed by atoms with Crippen LogP contribution in [0.5, 0.6) is 0 Å². The van der Waals surface area contributed by atoms with Crippen molar-refractivity contribution in [1.82, 2.24) is 0 Å². The predicted molar refractivity (Wildman–Crippen MR) is 82.2 cm³/mol. The van der Waals surface area contributed by atoms with Gasteiger partial charge in [-0.25, -0.2) is 4.79 Å². The SMILES string of the molecule is CCOC(=O)C(C=S)=Cc1cccc2ccccc12. The third-order valence-electron chi connectivity index (χ3n) is 2.77. The average Bonchev–Trinajstić information content (AvgIpc) is 2.45. The first-order chi connectivity index (χ1) is 9.26. The summed E-state index contributed by atoms with van der Waals surface area (Å²) in [4.78, 5) is 11.7. The van der Waals surface area contributed by atoms with Crippen molar-refractivity contribution < 1.29 is 9.53 Å². The number of hydrogen-bond acceptors (Lipinski definition) is 3. The summed E-state index contributed by atoms with van der Waals surface area (Å²) in [5.74, 6) is -0.384. The van der Waals surface area contributed by atoms with Crippen molar-refractivity contribution in [2.24, 2.45) is 0 Å². The van der Waals surface area contributed by atoms with Crippen LogP contribution in [0.3, 0.4) is 0 Å². The lowest BCUT2D eigenvalue weighted by molar-refractivity contribution is -0.137. The second-order valence-electron chi connectivity index (χ2n) is 4.01. The minimum atomic E-state index is -0.384. The lowest BCUT2D eigenvalue weighted by Crippen LogP contribution is -2.07. The van der Waals surface area contributed by atoms with Gasteiger partial charge in [-0.1, -0.05) is 54.7 Å². The van der Waals surface area contributed by atoms with Gasteiger partial charge in [-0.15, -0.1) is 0 Å². The summed E-state index contributed by atoms with van der Waals surface area (Å²) in [6.45, 7) is 2.12. The number of thiocarbonyl (C=S) groups is 1. The average molecular weight is 270 g/mol. The molecule has 0 aliphatic heterocycles. The van der Waals surface area contributed by atoms with E-state index in [4.69, 9.17) is 17.0 Å². The minimum absolute atomic E-state index is 0.342. The van der Waals surface area contributed by atoms with Crippen LogP contribution in [0.25, 0.3) is 16.8 Å². The van der Waals surface area contributed by atoms with E-state index < -0.39 is 0 Å². The summed E-state index contributed by atoms with van der Waals surface area (Å²) in [6, 6.07) is 14.0. The molecule has 0 aliphatic carbocycles. The molecule has 0 aliphatic rings. The molecule has 0 atom stereocenters. The van der Waals surface area contributed by atoms with Gasteiger partial charge in [0.05, 0.1) is 12.2 Å². The summed E-state index contributed by atoms with van der Waals surface area (Å²) in [5.41, 5.74) is 1.36. The van der Waals surface area contributed by atoms with Crippen LogP contribution < -0.4 is 0 Å². The van der Waals surface area contributed by atoms with E-state index >= 15 is 0 Å². The van der Waals surface area contributed by atoms with E-state index in [9.17, 15) is 4.79 Å². The summed E-state index contributed by atoms with van der Waals surface area (Å²) in [6.07, 6.45) is 1.77. The molecule has 2 rings (SSSR count). The van der Waals surface area contributed by atoms with Crippen molar-refractivity contribution in [3.05, 3.63) is 53.6 Å². The number of rotatable bonds is 4. The molecule has 0 saturated heterocycles. The molecule has 0 saturated carbocycles. The van der Waals surface area contributed by atoms with Crippen LogP contribution in [0.1, 0.15) is 12.5 Å². The predicted octanol–water partition coefficient (Wildman–Crippen LogP) is 3.79. The van der Waals surface area contributed by atoms with Crippen molar-refractivity contribution in [3.63, 3.8) is 0 Å². The summed E-state index contributed by atoms with van der Waals surface area (Å²) >= 11 is 4.89. The van der Waals surface area contributed by atoms with Crippen molar-refractivity contribution in [1.29, 1.82) is 0 Å². The van der Waals surface area contributed by atoms with Crippen LogP contribution in [0, 0.1) is 0 Å². The number of carbonyl (C=O) groups excluding carboxylic acids is 1. The number of carbonyl (C=O) groups is 1. The van der Waals surface area contributed by atoms with Crippen LogP contribution in [-0.2, 0) is 9.53 Å². The highest BCUT2D eigenvalue weighted by atomic mass is 32.1. The molecule has 0 radical (unpaired) electrons. The van der Waals surface area contributed by atoms with E-state index in [0.29, 0.717) is 12.2 Å². The molecule has 0 aromatic heterocycles. The Balaban J connectivity index is 2.49. The highest BCUT2D eigenvalue weighted by Gasteiger charge is 2.08. The zero-order valence-electron chi connectivity index (χ0n) is 10.6. The molecule has 2 nitrogen and oxygen atoms in total. The quantitative estimate of drug-likeness (QED) is 0.480. The fraction of sp³-hybridized carbons (Fsp3) is 0.125. The van der Waals surface area contributed by atoms with E-state index in [1.165, 1.54) is 5.37 Å². The fourth-order valence-electron chi connectivity index (χ4n) is 1.90. The van der Waals surface area contributed by atoms with Gasteiger partial charge in [0.1, 0.15) is 0 Å². The van der Waals surface area contributed by atoms with Gasteiger partial charge >= 0.3 is 5.97 Å². The van der Waals surface area contributed by atoms with E-state index in [0.717, 1.165) is 16.3 Å². The lowest BCUT2D eigenvalue weighted by Gasteiger charge is -2.04. The van der Waals surface area contributed by atoms with Crippen LogP contribution in [0.4, 0.5) is 0 Å². The normalized spacial score (nSPS) is 11.3.